The van der Waals surface area contributed by atoms with E-state index in [1.807, 2.05) is 66.9 Å². The van der Waals surface area contributed by atoms with Gasteiger partial charge in [0.1, 0.15) is 5.82 Å². The molecule has 6 rings (SSSR count). The third kappa shape index (κ3) is 5.36. The molecule has 0 spiro atoms. The van der Waals surface area contributed by atoms with Crippen molar-refractivity contribution in [1.82, 2.24) is 9.97 Å². The predicted molar refractivity (Wildman–Crippen MR) is 150 cm³/mol. The zero-order valence-corrected chi connectivity index (χ0v) is 20.5. The molecule has 4 aromatic carbocycles. The van der Waals surface area contributed by atoms with Gasteiger partial charge in [-0.2, -0.15) is 0 Å². The fourth-order valence-electron chi connectivity index (χ4n) is 4.90. The van der Waals surface area contributed by atoms with Crippen LogP contribution in [0.25, 0.3) is 22.2 Å². The zero-order valence-electron chi connectivity index (χ0n) is 20.5. The van der Waals surface area contributed by atoms with Crippen LogP contribution in [0.1, 0.15) is 11.1 Å². The van der Waals surface area contributed by atoms with Crippen LogP contribution in [-0.2, 0) is 17.6 Å². The minimum Gasteiger partial charge on any atom is -0.355 e. The van der Waals surface area contributed by atoms with Crippen molar-refractivity contribution in [2.75, 3.05) is 23.3 Å². The lowest BCUT2D eigenvalue weighted by molar-refractivity contribution is -0.115. The SMILES string of the molecule is O=C(Cc1ccccc1)Nc1ccc(-c2ccc3ncc(N4CC(Cc5ccccc5)C4)nc3c2)cc1. The molecule has 1 aliphatic rings. The number of carbonyl (C=O) groups is 1. The van der Waals surface area contributed by atoms with Gasteiger partial charge < -0.3 is 10.2 Å². The van der Waals surface area contributed by atoms with Crippen LogP contribution in [0.2, 0.25) is 0 Å². The Hall–Kier alpha value is -4.51. The van der Waals surface area contributed by atoms with E-state index in [1.165, 1.54) is 5.56 Å². The van der Waals surface area contributed by atoms with Gasteiger partial charge in [0.15, 0.2) is 0 Å². The third-order valence-corrected chi connectivity index (χ3v) is 6.89. The molecule has 0 aliphatic carbocycles. The molecule has 1 aromatic heterocycles. The molecule has 0 saturated carbocycles. The van der Waals surface area contributed by atoms with E-state index < -0.39 is 0 Å². The molecule has 0 bridgehead atoms. The van der Waals surface area contributed by atoms with Gasteiger partial charge in [-0.05, 0) is 58.9 Å². The van der Waals surface area contributed by atoms with Crippen LogP contribution in [0.15, 0.2) is 109 Å². The summed E-state index contributed by atoms with van der Waals surface area (Å²) in [5, 5.41) is 2.98. The Bertz CT molecular complexity index is 1510. The molecule has 5 nitrogen and oxygen atoms in total. The second-order valence-corrected chi connectivity index (χ2v) is 9.68. The Kier molecular flexibility index (Phi) is 6.34. The summed E-state index contributed by atoms with van der Waals surface area (Å²) >= 11 is 0. The van der Waals surface area contributed by atoms with Gasteiger partial charge in [-0.3, -0.25) is 9.78 Å². The van der Waals surface area contributed by atoms with Gasteiger partial charge >= 0.3 is 0 Å². The van der Waals surface area contributed by atoms with Gasteiger partial charge in [-0.1, -0.05) is 78.9 Å². The molecular weight excluding hydrogens is 456 g/mol. The Balaban J connectivity index is 1.11. The lowest BCUT2D eigenvalue weighted by atomic mass is 9.92. The van der Waals surface area contributed by atoms with Crippen molar-refractivity contribution < 1.29 is 4.79 Å². The van der Waals surface area contributed by atoms with Crippen LogP contribution in [-0.4, -0.2) is 29.0 Å². The number of hydrogen-bond acceptors (Lipinski definition) is 4. The van der Waals surface area contributed by atoms with Gasteiger partial charge in [-0.15, -0.1) is 0 Å². The highest BCUT2D eigenvalue weighted by Gasteiger charge is 2.28. The number of benzene rings is 4. The van der Waals surface area contributed by atoms with Crippen molar-refractivity contribution in [3.63, 3.8) is 0 Å². The van der Waals surface area contributed by atoms with Crippen LogP contribution in [0, 0.1) is 5.92 Å². The number of hydrogen-bond donors (Lipinski definition) is 1. The largest absolute Gasteiger partial charge is 0.355 e. The average Bonchev–Trinajstić information content (AvgIpc) is 2.91. The highest BCUT2D eigenvalue weighted by Crippen LogP contribution is 2.29. The number of carbonyl (C=O) groups excluding carboxylic acids is 1. The molecule has 5 heteroatoms. The van der Waals surface area contributed by atoms with Gasteiger partial charge in [0.2, 0.25) is 5.91 Å². The van der Waals surface area contributed by atoms with Crippen LogP contribution in [0.4, 0.5) is 11.5 Å². The molecule has 0 unspecified atom stereocenters. The molecule has 1 saturated heterocycles. The summed E-state index contributed by atoms with van der Waals surface area (Å²) in [5.74, 6) is 1.56. The predicted octanol–water partition coefficient (Wildman–Crippen LogP) is 6.16. The minimum absolute atomic E-state index is 0.0236. The lowest BCUT2D eigenvalue weighted by Gasteiger charge is -2.40. The molecule has 0 atom stereocenters. The standard InChI is InChI=1S/C32H28N4O/c37-32(18-24-9-5-2-6-10-24)34-28-14-11-26(12-15-28)27-13-16-29-30(19-27)35-31(20-33-29)36-21-25(22-36)17-23-7-3-1-4-8-23/h1-16,19-20,25H,17-18,21-22H2,(H,34,37). The van der Waals surface area contributed by atoms with E-state index in [0.717, 1.165) is 58.7 Å². The summed E-state index contributed by atoms with van der Waals surface area (Å²) in [6.45, 7) is 2.01. The quantitative estimate of drug-likeness (QED) is 0.301. The average molecular weight is 485 g/mol. The second kappa shape index (κ2) is 10.2. The van der Waals surface area contributed by atoms with Crippen molar-refractivity contribution >= 4 is 28.4 Å². The normalized spacial score (nSPS) is 13.4. The van der Waals surface area contributed by atoms with E-state index >= 15 is 0 Å². The van der Waals surface area contributed by atoms with Crippen LogP contribution in [0.3, 0.4) is 0 Å². The number of aromatic nitrogens is 2. The van der Waals surface area contributed by atoms with Crippen LogP contribution >= 0.6 is 0 Å². The number of rotatable bonds is 7. The van der Waals surface area contributed by atoms with Crippen molar-refractivity contribution in [2.45, 2.75) is 12.8 Å². The topological polar surface area (TPSA) is 58.1 Å². The maximum absolute atomic E-state index is 12.4. The maximum Gasteiger partial charge on any atom is 0.228 e. The molecular formula is C32H28N4O. The highest BCUT2D eigenvalue weighted by molar-refractivity contribution is 5.92. The highest BCUT2D eigenvalue weighted by atomic mass is 16.1. The van der Waals surface area contributed by atoms with Gasteiger partial charge in [-0.25, -0.2) is 4.98 Å². The number of nitrogens with zero attached hydrogens (tertiary/aromatic N) is 3. The van der Waals surface area contributed by atoms with Crippen LogP contribution < -0.4 is 10.2 Å². The maximum atomic E-state index is 12.4. The lowest BCUT2D eigenvalue weighted by Crippen LogP contribution is -2.48. The summed E-state index contributed by atoms with van der Waals surface area (Å²) in [6, 6.07) is 34.6. The summed E-state index contributed by atoms with van der Waals surface area (Å²) in [6.07, 6.45) is 3.34. The van der Waals surface area contributed by atoms with Gasteiger partial charge in [0, 0.05) is 18.8 Å². The van der Waals surface area contributed by atoms with Gasteiger partial charge in [0.05, 0.1) is 23.7 Å². The first-order valence-electron chi connectivity index (χ1n) is 12.7. The fraction of sp³-hybridized carbons (Fsp3) is 0.156. The molecule has 0 radical (unpaired) electrons. The van der Waals surface area contributed by atoms with E-state index in [-0.39, 0.29) is 5.91 Å². The molecule has 182 valence electrons. The Morgan fingerprint density at radius 2 is 1.46 bits per heavy atom. The smallest absolute Gasteiger partial charge is 0.228 e. The number of nitrogens with one attached hydrogen (secondary N) is 1. The van der Waals surface area contributed by atoms with Crippen molar-refractivity contribution in [1.29, 1.82) is 0 Å². The first-order valence-corrected chi connectivity index (χ1v) is 12.7. The summed E-state index contributed by atoms with van der Waals surface area (Å²) in [7, 11) is 0. The first-order chi connectivity index (χ1) is 18.2. The van der Waals surface area contributed by atoms with E-state index in [0.29, 0.717) is 12.3 Å². The third-order valence-electron chi connectivity index (χ3n) is 6.89. The zero-order chi connectivity index (χ0) is 25.0. The molecule has 1 aliphatic heterocycles. The Labute approximate surface area is 216 Å². The minimum atomic E-state index is -0.0236. The fourth-order valence-corrected chi connectivity index (χ4v) is 4.90. The molecule has 1 N–H and O–H groups in total. The van der Waals surface area contributed by atoms with E-state index in [2.05, 4.69) is 57.7 Å². The summed E-state index contributed by atoms with van der Waals surface area (Å²) in [5.41, 5.74) is 7.10. The Morgan fingerprint density at radius 3 is 2.19 bits per heavy atom. The van der Waals surface area contributed by atoms with E-state index in [4.69, 9.17) is 4.98 Å². The second-order valence-electron chi connectivity index (χ2n) is 9.68. The number of fused-ring (bicyclic) bond motifs is 1. The van der Waals surface area contributed by atoms with E-state index in [1.54, 1.807) is 0 Å². The van der Waals surface area contributed by atoms with E-state index in [9.17, 15) is 4.79 Å². The molecule has 1 amide bonds. The Morgan fingerprint density at radius 1 is 0.784 bits per heavy atom. The van der Waals surface area contributed by atoms with Crippen molar-refractivity contribution in [3.8, 4) is 11.1 Å². The first kappa shape index (κ1) is 22.9. The molecule has 1 fully saturated rings. The molecule has 5 aromatic rings. The summed E-state index contributed by atoms with van der Waals surface area (Å²) in [4.78, 5) is 24.3. The monoisotopic (exact) mass is 484 g/mol. The molecule has 2 heterocycles. The van der Waals surface area contributed by atoms with Gasteiger partial charge in [0.25, 0.3) is 0 Å². The van der Waals surface area contributed by atoms with Crippen LogP contribution in [0.5, 0.6) is 0 Å². The summed E-state index contributed by atoms with van der Waals surface area (Å²) < 4.78 is 0. The number of anilines is 2. The number of amides is 1. The van der Waals surface area contributed by atoms with Crippen molar-refractivity contribution in [2.24, 2.45) is 5.92 Å². The van der Waals surface area contributed by atoms with Crippen molar-refractivity contribution in [3.05, 3.63) is 120 Å². The molecule has 37 heavy (non-hydrogen) atoms.